The van der Waals surface area contributed by atoms with Crippen LogP contribution in [0, 0.1) is 5.82 Å². The molecule has 4 nitrogen and oxygen atoms in total. The zero-order valence-electron chi connectivity index (χ0n) is 18.3. The minimum atomic E-state index is -0.767. The van der Waals surface area contributed by atoms with Crippen molar-refractivity contribution >= 4 is 35.2 Å². The summed E-state index contributed by atoms with van der Waals surface area (Å²) in [7, 11) is 1.54. The highest BCUT2D eigenvalue weighted by Gasteiger charge is 2.30. The maximum absolute atomic E-state index is 14.4. The van der Waals surface area contributed by atoms with E-state index in [-0.39, 0.29) is 24.1 Å². The molecule has 0 fully saturated rings. The van der Waals surface area contributed by atoms with E-state index in [1.54, 1.807) is 31.3 Å². The number of halogens is 2. The van der Waals surface area contributed by atoms with Crippen molar-refractivity contribution in [1.29, 1.82) is 0 Å². The molecule has 1 atom stereocenters. The standard InChI is InChI=1S/C26H26ClFN2O2S/c1-29-26(32)24(15-19-8-3-2-4-9-19)30(16-21-11-5-6-13-23(21)28)25(31)18-33-17-20-10-7-12-22(27)14-20/h2-14,24H,15-18H2,1H3,(H,29,32). The number of hydrogen-bond acceptors (Lipinski definition) is 3. The molecule has 3 aromatic carbocycles. The summed E-state index contributed by atoms with van der Waals surface area (Å²) in [5, 5.41) is 3.30. The first-order valence-electron chi connectivity index (χ1n) is 10.6. The van der Waals surface area contributed by atoms with Crippen LogP contribution in [0.1, 0.15) is 16.7 Å². The number of hydrogen-bond donors (Lipinski definition) is 1. The SMILES string of the molecule is CNC(=O)C(Cc1ccccc1)N(Cc1ccccc1F)C(=O)CSCc1cccc(Cl)c1. The Hall–Kier alpha value is -2.83. The normalized spacial score (nSPS) is 11.6. The van der Waals surface area contributed by atoms with Crippen LogP contribution < -0.4 is 5.32 Å². The summed E-state index contributed by atoms with van der Waals surface area (Å²) in [6, 6.07) is 22.5. The van der Waals surface area contributed by atoms with E-state index in [1.807, 2.05) is 48.5 Å². The molecule has 33 heavy (non-hydrogen) atoms. The van der Waals surface area contributed by atoms with E-state index >= 15 is 0 Å². The van der Waals surface area contributed by atoms with E-state index < -0.39 is 11.9 Å². The van der Waals surface area contributed by atoms with Gasteiger partial charge in [0, 0.05) is 36.4 Å². The van der Waals surface area contributed by atoms with Gasteiger partial charge in [0.1, 0.15) is 11.9 Å². The zero-order valence-corrected chi connectivity index (χ0v) is 19.9. The van der Waals surface area contributed by atoms with E-state index in [4.69, 9.17) is 11.6 Å². The number of nitrogens with one attached hydrogen (secondary N) is 1. The predicted molar refractivity (Wildman–Crippen MR) is 133 cm³/mol. The van der Waals surface area contributed by atoms with Crippen LogP contribution in [0.25, 0.3) is 0 Å². The van der Waals surface area contributed by atoms with Gasteiger partial charge in [-0.3, -0.25) is 9.59 Å². The molecule has 2 amide bonds. The van der Waals surface area contributed by atoms with Crippen molar-refractivity contribution in [3.63, 3.8) is 0 Å². The van der Waals surface area contributed by atoms with E-state index in [0.717, 1.165) is 11.1 Å². The Morgan fingerprint density at radius 1 is 1.00 bits per heavy atom. The smallest absolute Gasteiger partial charge is 0.242 e. The summed E-state index contributed by atoms with van der Waals surface area (Å²) in [5.74, 6) is -0.165. The molecule has 0 saturated carbocycles. The van der Waals surface area contributed by atoms with Gasteiger partial charge >= 0.3 is 0 Å². The first-order valence-corrected chi connectivity index (χ1v) is 12.1. The Bertz CT molecular complexity index is 1080. The number of amides is 2. The maximum Gasteiger partial charge on any atom is 0.242 e. The molecule has 0 radical (unpaired) electrons. The van der Waals surface area contributed by atoms with Crippen LogP contribution in [-0.2, 0) is 28.3 Å². The summed E-state index contributed by atoms with van der Waals surface area (Å²) in [6.07, 6.45) is 0.333. The lowest BCUT2D eigenvalue weighted by molar-refractivity contribution is -0.139. The van der Waals surface area contributed by atoms with Gasteiger partial charge in [-0.05, 0) is 29.3 Å². The van der Waals surface area contributed by atoms with Crippen LogP contribution in [0.4, 0.5) is 4.39 Å². The Labute approximate surface area is 203 Å². The molecule has 0 bridgehead atoms. The number of likely N-dealkylation sites (N-methyl/N-ethyl adjacent to an activating group) is 1. The minimum absolute atomic E-state index is 0.00809. The Balaban J connectivity index is 1.82. The van der Waals surface area contributed by atoms with Crippen molar-refractivity contribution in [2.24, 2.45) is 0 Å². The molecule has 0 spiro atoms. The first-order chi connectivity index (χ1) is 16.0. The molecule has 3 aromatic rings. The van der Waals surface area contributed by atoms with Crippen molar-refractivity contribution in [2.75, 3.05) is 12.8 Å². The van der Waals surface area contributed by atoms with Gasteiger partial charge in [-0.25, -0.2) is 4.39 Å². The molecule has 3 rings (SSSR count). The molecule has 0 aromatic heterocycles. The number of nitrogens with zero attached hydrogens (tertiary/aromatic N) is 1. The van der Waals surface area contributed by atoms with Crippen molar-refractivity contribution in [3.05, 3.63) is 106 Å². The van der Waals surface area contributed by atoms with Crippen molar-refractivity contribution in [3.8, 4) is 0 Å². The fourth-order valence-corrected chi connectivity index (χ4v) is 4.57. The van der Waals surface area contributed by atoms with Gasteiger partial charge in [0.2, 0.25) is 11.8 Å². The molecule has 0 aliphatic carbocycles. The van der Waals surface area contributed by atoms with Gasteiger partial charge in [-0.2, -0.15) is 0 Å². The van der Waals surface area contributed by atoms with Gasteiger partial charge < -0.3 is 10.2 Å². The zero-order chi connectivity index (χ0) is 23.6. The highest BCUT2D eigenvalue weighted by Crippen LogP contribution is 2.20. The highest BCUT2D eigenvalue weighted by atomic mass is 35.5. The molecule has 1 N–H and O–H groups in total. The van der Waals surface area contributed by atoms with Crippen LogP contribution in [0.2, 0.25) is 5.02 Å². The minimum Gasteiger partial charge on any atom is -0.357 e. The highest BCUT2D eigenvalue weighted by molar-refractivity contribution is 7.99. The summed E-state index contributed by atoms with van der Waals surface area (Å²) < 4.78 is 14.4. The summed E-state index contributed by atoms with van der Waals surface area (Å²) >= 11 is 7.48. The number of thioether (sulfide) groups is 1. The molecule has 7 heteroatoms. The molecular weight excluding hydrogens is 459 g/mol. The molecule has 0 saturated heterocycles. The lowest BCUT2D eigenvalue weighted by atomic mass is 10.0. The third kappa shape index (κ3) is 7.34. The third-order valence-electron chi connectivity index (χ3n) is 5.20. The van der Waals surface area contributed by atoms with Gasteiger partial charge in [0.25, 0.3) is 0 Å². The molecule has 0 heterocycles. The van der Waals surface area contributed by atoms with Gasteiger partial charge in [-0.1, -0.05) is 72.3 Å². The summed E-state index contributed by atoms with van der Waals surface area (Å²) in [6.45, 7) is 0.00809. The molecule has 172 valence electrons. The van der Waals surface area contributed by atoms with Crippen LogP contribution in [-0.4, -0.2) is 35.6 Å². The predicted octanol–water partition coefficient (Wildman–Crippen LogP) is 5.10. The van der Waals surface area contributed by atoms with Crippen LogP contribution in [0.15, 0.2) is 78.9 Å². The Kier molecular flexibility index (Phi) is 9.34. The fraction of sp³-hybridized carbons (Fsp3) is 0.231. The number of carbonyl (C=O) groups excluding carboxylic acids is 2. The van der Waals surface area contributed by atoms with Gasteiger partial charge in [-0.15, -0.1) is 11.8 Å². The van der Waals surface area contributed by atoms with Crippen molar-refractivity contribution < 1.29 is 14.0 Å². The quantitative estimate of drug-likeness (QED) is 0.435. The largest absolute Gasteiger partial charge is 0.357 e. The number of benzene rings is 3. The van der Waals surface area contributed by atoms with E-state index in [2.05, 4.69) is 5.32 Å². The Morgan fingerprint density at radius 2 is 1.70 bits per heavy atom. The van der Waals surface area contributed by atoms with Crippen LogP contribution in [0.3, 0.4) is 0 Å². The second-order valence-electron chi connectivity index (χ2n) is 7.56. The fourth-order valence-electron chi connectivity index (χ4n) is 3.50. The maximum atomic E-state index is 14.4. The number of carbonyl (C=O) groups is 2. The molecular formula is C26H26ClFN2O2S. The topological polar surface area (TPSA) is 49.4 Å². The van der Waals surface area contributed by atoms with Crippen molar-refractivity contribution in [1.82, 2.24) is 10.2 Å². The molecule has 1 unspecified atom stereocenters. The van der Waals surface area contributed by atoms with Crippen LogP contribution >= 0.6 is 23.4 Å². The number of rotatable bonds is 10. The van der Waals surface area contributed by atoms with Gasteiger partial charge in [0.15, 0.2) is 0 Å². The van der Waals surface area contributed by atoms with Gasteiger partial charge in [0.05, 0.1) is 5.75 Å². The van der Waals surface area contributed by atoms with E-state index in [9.17, 15) is 14.0 Å². The molecule has 0 aliphatic rings. The molecule has 0 aliphatic heterocycles. The average molecular weight is 485 g/mol. The lowest BCUT2D eigenvalue weighted by Crippen LogP contribution is -2.50. The Morgan fingerprint density at radius 3 is 2.39 bits per heavy atom. The van der Waals surface area contributed by atoms with E-state index in [1.165, 1.54) is 22.7 Å². The monoisotopic (exact) mass is 484 g/mol. The summed E-state index contributed by atoms with van der Waals surface area (Å²) in [5.41, 5.74) is 2.30. The van der Waals surface area contributed by atoms with Crippen molar-refractivity contribution in [2.45, 2.75) is 24.8 Å². The first kappa shape index (κ1) is 24.8. The van der Waals surface area contributed by atoms with Crippen LogP contribution in [0.5, 0.6) is 0 Å². The second-order valence-corrected chi connectivity index (χ2v) is 8.98. The average Bonchev–Trinajstić information content (AvgIpc) is 2.82. The second kappa shape index (κ2) is 12.4. The van der Waals surface area contributed by atoms with E-state index in [0.29, 0.717) is 22.8 Å². The summed E-state index contributed by atoms with van der Waals surface area (Å²) in [4.78, 5) is 27.7. The third-order valence-corrected chi connectivity index (χ3v) is 6.42. The lowest BCUT2D eigenvalue weighted by Gasteiger charge is -2.31.